The van der Waals surface area contributed by atoms with Crippen molar-refractivity contribution in [3.63, 3.8) is 0 Å². The van der Waals surface area contributed by atoms with Crippen LogP contribution in [0.5, 0.6) is 0 Å². The summed E-state index contributed by atoms with van der Waals surface area (Å²) in [7, 11) is 0. The predicted octanol–water partition coefficient (Wildman–Crippen LogP) is 3.71. The van der Waals surface area contributed by atoms with Gasteiger partial charge in [0.1, 0.15) is 23.5 Å². The first kappa shape index (κ1) is 30.2. The highest BCUT2D eigenvalue weighted by Crippen LogP contribution is 2.45. The third kappa shape index (κ3) is 6.79. The zero-order chi connectivity index (χ0) is 31.3. The molecule has 2 atom stereocenters. The number of thioether (sulfide) groups is 2. The van der Waals surface area contributed by atoms with Crippen LogP contribution in [0, 0.1) is 0 Å². The first-order valence-electron chi connectivity index (χ1n) is 14.0. The maximum absolute atomic E-state index is 14.1. The molecule has 0 aliphatic carbocycles. The van der Waals surface area contributed by atoms with Crippen LogP contribution in [0.1, 0.15) is 28.6 Å². The molecule has 2 amide bonds. The number of H-pyrrole nitrogens is 1. The summed E-state index contributed by atoms with van der Waals surface area (Å²) >= 11 is 2.48. The Bertz CT molecular complexity index is 1710. The number of carbonyl (C=O) groups excluding carboxylic acids is 3. The number of nitrogens with one attached hydrogen (secondary N) is 2. The molecule has 2 aliphatic heterocycles. The van der Waals surface area contributed by atoms with Gasteiger partial charge in [-0.2, -0.15) is 5.10 Å². The fourth-order valence-electron chi connectivity index (χ4n) is 5.07. The SMILES string of the molecule is O=C(O)Cc1n[nH]c(SC2=C(C(=O)OC(c3ccccc3)c3ccccc3)N3C(=O)[C@@H](NC(=O)Cc4ccccc4)[C@H]3SC2)n1. The second-order valence-electron chi connectivity index (χ2n) is 10.2. The molecular formula is C32H27N5O6S2. The van der Waals surface area contributed by atoms with E-state index in [4.69, 9.17) is 9.84 Å². The predicted molar refractivity (Wildman–Crippen MR) is 167 cm³/mol. The summed E-state index contributed by atoms with van der Waals surface area (Å²) < 4.78 is 6.16. The quantitative estimate of drug-likeness (QED) is 0.163. The van der Waals surface area contributed by atoms with E-state index < -0.39 is 35.4 Å². The highest BCUT2D eigenvalue weighted by molar-refractivity contribution is 8.06. The summed E-state index contributed by atoms with van der Waals surface area (Å²) in [5.41, 5.74) is 2.38. The molecule has 1 aromatic heterocycles. The number of carboxylic acid groups (broad SMARTS) is 1. The van der Waals surface area contributed by atoms with Gasteiger partial charge in [-0.3, -0.25) is 24.4 Å². The summed E-state index contributed by atoms with van der Waals surface area (Å²) in [5.74, 6) is -2.12. The minimum Gasteiger partial charge on any atom is -0.481 e. The Morgan fingerprint density at radius 2 is 1.60 bits per heavy atom. The number of fused-ring (bicyclic) bond motifs is 1. The Morgan fingerprint density at radius 1 is 0.978 bits per heavy atom. The fourth-order valence-corrected chi connectivity index (χ4v) is 7.46. The number of amides is 2. The third-order valence-electron chi connectivity index (χ3n) is 7.12. The number of carbonyl (C=O) groups is 4. The standard InChI is InChI=1S/C32H27N5O6S2/c38-24(16-19-10-4-1-5-11-19)34-26-29(41)37-27(22(18-44-30(26)37)45-32-33-23(35-36-32)17-25(39)40)31(42)43-28(20-12-6-2-7-13-20)21-14-8-3-9-15-21/h1-15,26,28,30H,16-18H2,(H,34,38)(H,39,40)(H,33,35,36)/t26-,30-/m1/s1. The van der Waals surface area contributed by atoms with Crippen molar-refractivity contribution in [3.05, 3.63) is 124 Å². The lowest BCUT2D eigenvalue weighted by molar-refractivity contribution is -0.154. The molecule has 11 nitrogen and oxygen atoms in total. The highest BCUT2D eigenvalue weighted by atomic mass is 32.2. The summed E-state index contributed by atoms with van der Waals surface area (Å²) in [4.78, 5) is 57.7. The smallest absolute Gasteiger partial charge is 0.356 e. The van der Waals surface area contributed by atoms with Gasteiger partial charge in [-0.15, -0.1) is 11.8 Å². The second kappa shape index (κ2) is 13.4. The van der Waals surface area contributed by atoms with Crippen molar-refractivity contribution in [2.24, 2.45) is 0 Å². The van der Waals surface area contributed by atoms with Crippen molar-refractivity contribution in [3.8, 4) is 0 Å². The molecule has 3 heterocycles. The molecule has 2 aliphatic rings. The topological polar surface area (TPSA) is 155 Å². The molecule has 0 saturated carbocycles. The van der Waals surface area contributed by atoms with E-state index in [0.717, 1.165) is 28.5 Å². The molecule has 45 heavy (non-hydrogen) atoms. The number of carboxylic acids is 1. The Balaban J connectivity index is 1.29. The number of aromatic amines is 1. The van der Waals surface area contributed by atoms with Crippen LogP contribution in [0.4, 0.5) is 0 Å². The molecule has 1 saturated heterocycles. The van der Waals surface area contributed by atoms with Crippen LogP contribution in [0.15, 0.2) is 107 Å². The van der Waals surface area contributed by atoms with Crippen LogP contribution < -0.4 is 5.32 Å². The fraction of sp³-hybridized carbons (Fsp3) is 0.188. The summed E-state index contributed by atoms with van der Waals surface area (Å²) in [6.07, 6.45) is -1.00. The summed E-state index contributed by atoms with van der Waals surface area (Å²) in [6.45, 7) is 0. The lowest BCUT2D eigenvalue weighted by Gasteiger charge is -2.49. The highest BCUT2D eigenvalue weighted by Gasteiger charge is 2.55. The van der Waals surface area contributed by atoms with Gasteiger partial charge in [0.2, 0.25) is 5.91 Å². The zero-order valence-electron chi connectivity index (χ0n) is 23.7. The van der Waals surface area contributed by atoms with Crippen LogP contribution in [-0.4, -0.2) is 66.1 Å². The summed E-state index contributed by atoms with van der Waals surface area (Å²) in [5, 5.41) is 18.3. The first-order chi connectivity index (χ1) is 21.9. The van der Waals surface area contributed by atoms with E-state index in [1.54, 1.807) is 0 Å². The number of aromatic nitrogens is 3. The molecular weight excluding hydrogens is 615 g/mol. The van der Waals surface area contributed by atoms with Gasteiger partial charge in [0, 0.05) is 10.7 Å². The van der Waals surface area contributed by atoms with E-state index in [9.17, 15) is 19.2 Å². The molecule has 0 radical (unpaired) electrons. The summed E-state index contributed by atoms with van der Waals surface area (Å²) in [6, 6.07) is 27.0. The maximum atomic E-state index is 14.1. The average Bonchev–Trinajstić information content (AvgIpc) is 3.49. The number of nitrogens with zero attached hydrogens (tertiary/aromatic N) is 3. The number of benzene rings is 3. The van der Waals surface area contributed by atoms with Gasteiger partial charge < -0.3 is 15.2 Å². The van der Waals surface area contributed by atoms with Crippen molar-refractivity contribution in [1.29, 1.82) is 0 Å². The first-order valence-corrected chi connectivity index (χ1v) is 15.9. The lowest BCUT2D eigenvalue weighted by Crippen LogP contribution is -2.70. The Morgan fingerprint density at radius 3 is 2.22 bits per heavy atom. The normalized spacial score (nSPS) is 17.4. The van der Waals surface area contributed by atoms with Crippen LogP contribution in [-0.2, 0) is 36.8 Å². The molecule has 6 rings (SSSR count). The minimum atomic E-state index is -1.08. The van der Waals surface area contributed by atoms with E-state index in [0.29, 0.717) is 10.7 Å². The Kier molecular flexibility index (Phi) is 8.98. The number of esters is 1. The molecule has 4 aromatic rings. The van der Waals surface area contributed by atoms with Gasteiger partial charge in [-0.05, 0) is 16.7 Å². The zero-order valence-corrected chi connectivity index (χ0v) is 25.3. The monoisotopic (exact) mass is 641 g/mol. The van der Waals surface area contributed by atoms with Gasteiger partial charge in [-0.25, -0.2) is 9.78 Å². The number of aliphatic carboxylic acids is 1. The van der Waals surface area contributed by atoms with Gasteiger partial charge in [0.25, 0.3) is 5.91 Å². The molecule has 1 fully saturated rings. The Labute approximate surface area is 266 Å². The largest absolute Gasteiger partial charge is 0.481 e. The van der Waals surface area contributed by atoms with Crippen molar-refractivity contribution in [2.75, 3.05) is 5.75 Å². The van der Waals surface area contributed by atoms with Gasteiger partial charge >= 0.3 is 11.9 Å². The number of β-lactam (4-membered cyclic amide) rings is 1. The van der Waals surface area contributed by atoms with Gasteiger partial charge in [0.15, 0.2) is 17.1 Å². The molecule has 3 N–H and O–H groups in total. The molecule has 0 spiro atoms. The van der Waals surface area contributed by atoms with Crippen molar-refractivity contribution < 1.29 is 29.0 Å². The van der Waals surface area contributed by atoms with Gasteiger partial charge in [-0.1, -0.05) is 103 Å². The van der Waals surface area contributed by atoms with Crippen LogP contribution in [0.3, 0.4) is 0 Å². The maximum Gasteiger partial charge on any atom is 0.356 e. The van der Waals surface area contributed by atoms with E-state index in [2.05, 4.69) is 20.5 Å². The van der Waals surface area contributed by atoms with Crippen LogP contribution >= 0.6 is 23.5 Å². The van der Waals surface area contributed by atoms with E-state index in [1.165, 1.54) is 16.7 Å². The van der Waals surface area contributed by atoms with E-state index >= 15 is 0 Å². The molecule has 228 valence electrons. The van der Waals surface area contributed by atoms with E-state index in [-0.39, 0.29) is 35.4 Å². The second-order valence-corrected chi connectivity index (χ2v) is 12.4. The number of hydrogen-bond donors (Lipinski definition) is 3. The Hall–Kier alpha value is -4.88. The van der Waals surface area contributed by atoms with E-state index in [1.807, 2.05) is 91.0 Å². The molecule has 13 heteroatoms. The van der Waals surface area contributed by atoms with Crippen LogP contribution in [0.25, 0.3) is 0 Å². The lowest BCUT2D eigenvalue weighted by atomic mass is 10.0. The van der Waals surface area contributed by atoms with Crippen molar-refractivity contribution in [1.82, 2.24) is 25.4 Å². The van der Waals surface area contributed by atoms with Crippen molar-refractivity contribution in [2.45, 2.75) is 35.5 Å². The molecule has 0 unspecified atom stereocenters. The third-order valence-corrected chi connectivity index (χ3v) is 9.54. The molecule has 0 bridgehead atoms. The van der Waals surface area contributed by atoms with Crippen LogP contribution in [0.2, 0.25) is 0 Å². The minimum absolute atomic E-state index is 0.0513. The number of rotatable bonds is 11. The number of hydrogen-bond acceptors (Lipinski definition) is 9. The molecule has 3 aromatic carbocycles. The average molecular weight is 642 g/mol. The van der Waals surface area contributed by atoms with Gasteiger partial charge in [0.05, 0.1) is 6.42 Å². The van der Waals surface area contributed by atoms with Crippen molar-refractivity contribution >= 4 is 47.3 Å². The number of ether oxygens (including phenoxy) is 1.